The zero-order valence-corrected chi connectivity index (χ0v) is 10.7. The smallest absolute Gasteiger partial charge is 0.247 e. The Bertz CT molecular complexity index is 424. The predicted octanol–water partition coefficient (Wildman–Crippen LogP) is 2.69. The standard InChI is InChI=1S/C12H15ClN2O2/c1-5-10(13)8(4)17-11-6-9(7(2)3)12(16)15-14-11/h5,9H,1-2,6H2,3-4H3,(H,15,16)/b10-8-. The van der Waals surface area contributed by atoms with Crippen LogP contribution in [-0.4, -0.2) is 11.8 Å². The van der Waals surface area contributed by atoms with Crippen molar-refractivity contribution < 1.29 is 9.53 Å². The van der Waals surface area contributed by atoms with Crippen molar-refractivity contribution in [2.75, 3.05) is 0 Å². The number of amides is 1. The minimum atomic E-state index is -0.308. The van der Waals surface area contributed by atoms with E-state index in [2.05, 4.69) is 23.7 Å². The molecule has 0 aliphatic carbocycles. The molecule has 4 nitrogen and oxygen atoms in total. The highest BCUT2D eigenvalue weighted by molar-refractivity contribution is 6.31. The second-order valence-corrected chi connectivity index (χ2v) is 4.20. The highest BCUT2D eigenvalue weighted by atomic mass is 35.5. The van der Waals surface area contributed by atoms with Crippen LogP contribution in [0.4, 0.5) is 0 Å². The number of carbonyl (C=O) groups excluding carboxylic acids is 1. The van der Waals surface area contributed by atoms with Crippen molar-refractivity contribution in [2.24, 2.45) is 11.0 Å². The molecule has 0 fully saturated rings. The number of hydrazone groups is 1. The highest BCUT2D eigenvalue weighted by Gasteiger charge is 2.26. The number of halogens is 1. The molecule has 1 atom stereocenters. The van der Waals surface area contributed by atoms with Gasteiger partial charge in [0.1, 0.15) is 5.76 Å². The van der Waals surface area contributed by atoms with Gasteiger partial charge in [-0.1, -0.05) is 30.3 Å². The van der Waals surface area contributed by atoms with E-state index in [4.69, 9.17) is 16.3 Å². The zero-order chi connectivity index (χ0) is 13.0. The molecule has 0 saturated carbocycles. The van der Waals surface area contributed by atoms with Crippen LogP contribution < -0.4 is 5.43 Å². The summed E-state index contributed by atoms with van der Waals surface area (Å²) in [5.74, 6) is 0.436. The largest absolute Gasteiger partial charge is 0.444 e. The number of hydrogen-bond donors (Lipinski definition) is 1. The summed E-state index contributed by atoms with van der Waals surface area (Å²) in [7, 11) is 0. The van der Waals surface area contributed by atoms with Gasteiger partial charge < -0.3 is 4.74 Å². The van der Waals surface area contributed by atoms with E-state index >= 15 is 0 Å². The maximum absolute atomic E-state index is 11.5. The first kappa shape index (κ1) is 13.5. The molecule has 92 valence electrons. The van der Waals surface area contributed by atoms with Crippen LogP contribution in [0.3, 0.4) is 0 Å². The molecule has 0 aromatic rings. The van der Waals surface area contributed by atoms with E-state index in [1.165, 1.54) is 6.08 Å². The van der Waals surface area contributed by atoms with Crippen molar-refractivity contribution in [2.45, 2.75) is 20.3 Å². The second kappa shape index (κ2) is 5.68. The summed E-state index contributed by atoms with van der Waals surface area (Å²) in [5, 5.41) is 4.24. The molecule has 0 saturated heterocycles. The van der Waals surface area contributed by atoms with Gasteiger partial charge in [-0.2, -0.15) is 0 Å². The topological polar surface area (TPSA) is 50.7 Å². The number of nitrogens with zero attached hydrogens (tertiary/aromatic N) is 1. The van der Waals surface area contributed by atoms with Crippen molar-refractivity contribution in [3.63, 3.8) is 0 Å². The molecule has 0 aromatic carbocycles. The van der Waals surface area contributed by atoms with Crippen LogP contribution in [0.15, 0.2) is 40.7 Å². The van der Waals surface area contributed by atoms with E-state index in [1.807, 2.05) is 0 Å². The zero-order valence-electron chi connectivity index (χ0n) is 9.92. The normalized spacial score (nSPS) is 21.0. The Morgan fingerprint density at radius 2 is 2.29 bits per heavy atom. The average Bonchev–Trinajstić information content (AvgIpc) is 2.30. The molecular formula is C12H15ClN2O2. The molecule has 1 aliphatic rings. The van der Waals surface area contributed by atoms with Crippen LogP contribution in [0.2, 0.25) is 0 Å². The Labute approximate surface area is 106 Å². The van der Waals surface area contributed by atoms with Gasteiger partial charge >= 0.3 is 0 Å². The van der Waals surface area contributed by atoms with Gasteiger partial charge in [-0.25, -0.2) is 5.43 Å². The molecule has 0 radical (unpaired) electrons. The number of hydrogen-bond acceptors (Lipinski definition) is 3. The first-order valence-corrected chi connectivity index (χ1v) is 5.52. The van der Waals surface area contributed by atoms with E-state index < -0.39 is 0 Å². The molecule has 1 aliphatic heterocycles. The number of carbonyl (C=O) groups is 1. The van der Waals surface area contributed by atoms with Gasteiger partial charge in [-0.15, -0.1) is 5.10 Å². The van der Waals surface area contributed by atoms with Crippen LogP contribution in [-0.2, 0) is 9.53 Å². The Morgan fingerprint density at radius 1 is 1.65 bits per heavy atom. The molecule has 5 heteroatoms. The molecule has 17 heavy (non-hydrogen) atoms. The summed E-state index contributed by atoms with van der Waals surface area (Å²) < 4.78 is 5.44. The molecule has 0 spiro atoms. The third-order valence-corrected chi connectivity index (χ3v) is 2.79. The first-order valence-electron chi connectivity index (χ1n) is 5.14. The molecular weight excluding hydrogens is 240 g/mol. The van der Waals surface area contributed by atoms with Crippen LogP contribution in [0.25, 0.3) is 0 Å². The van der Waals surface area contributed by atoms with Gasteiger partial charge in [0.05, 0.1) is 11.0 Å². The van der Waals surface area contributed by atoms with Crippen LogP contribution in [0.5, 0.6) is 0 Å². The summed E-state index contributed by atoms with van der Waals surface area (Å²) in [4.78, 5) is 11.5. The molecule has 1 rings (SSSR count). The molecule has 0 aromatic heterocycles. The van der Waals surface area contributed by atoms with Crippen molar-refractivity contribution in [1.82, 2.24) is 5.43 Å². The summed E-state index contributed by atoms with van der Waals surface area (Å²) in [5.41, 5.74) is 3.17. The van der Waals surface area contributed by atoms with Crippen molar-refractivity contribution in [1.29, 1.82) is 0 Å². The fraction of sp³-hybridized carbons (Fsp3) is 0.333. The van der Waals surface area contributed by atoms with E-state index in [1.54, 1.807) is 13.8 Å². The number of nitrogens with one attached hydrogen (secondary N) is 1. The third-order valence-electron chi connectivity index (χ3n) is 2.37. The van der Waals surface area contributed by atoms with Crippen LogP contribution in [0, 0.1) is 5.92 Å². The average molecular weight is 255 g/mol. The van der Waals surface area contributed by atoms with E-state index in [0.717, 1.165) is 5.57 Å². The van der Waals surface area contributed by atoms with Gasteiger partial charge in [0.15, 0.2) is 0 Å². The quantitative estimate of drug-likeness (QED) is 0.478. The molecule has 1 amide bonds. The van der Waals surface area contributed by atoms with Crippen molar-refractivity contribution in [3.8, 4) is 0 Å². The lowest BCUT2D eigenvalue weighted by molar-refractivity contribution is -0.124. The minimum Gasteiger partial charge on any atom is -0.444 e. The van der Waals surface area contributed by atoms with Crippen LogP contribution in [0.1, 0.15) is 20.3 Å². The fourth-order valence-corrected chi connectivity index (χ4v) is 1.38. The number of ether oxygens (including phenoxy) is 1. The summed E-state index contributed by atoms with van der Waals surface area (Å²) in [6.07, 6.45) is 1.87. The van der Waals surface area contributed by atoms with E-state index in [0.29, 0.717) is 23.1 Å². The number of rotatable bonds is 3. The Hall–Kier alpha value is -1.55. The highest BCUT2D eigenvalue weighted by Crippen LogP contribution is 2.20. The SMILES string of the molecule is C=C/C(Cl)=C(\C)OC1=NNC(=O)C(C(=C)C)C1. The van der Waals surface area contributed by atoms with Gasteiger partial charge in [0.25, 0.3) is 0 Å². The Balaban J connectivity index is 2.78. The monoisotopic (exact) mass is 254 g/mol. The Morgan fingerprint density at radius 3 is 2.82 bits per heavy atom. The van der Waals surface area contributed by atoms with Gasteiger partial charge in [-0.05, 0) is 19.9 Å². The predicted molar refractivity (Wildman–Crippen MR) is 68.3 cm³/mol. The summed E-state index contributed by atoms with van der Waals surface area (Å²) >= 11 is 5.84. The summed E-state index contributed by atoms with van der Waals surface area (Å²) in [6, 6.07) is 0. The van der Waals surface area contributed by atoms with Gasteiger partial charge in [-0.3, -0.25) is 4.79 Å². The first-order chi connectivity index (χ1) is 7.95. The maximum atomic E-state index is 11.5. The number of allylic oxidation sites excluding steroid dienone is 3. The fourth-order valence-electron chi connectivity index (χ4n) is 1.34. The molecule has 1 unspecified atom stereocenters. The van der Waals surface area contributed by atoms with Gasteiger partial charge in [0, 0.05) is 6.42 Å². The maximum Gasteiger partial charge on any atom is 0.247 e. The third kappa shape index (κ3) is 3.46. The lowest BCUT2D eigenvalue weighted by atomic mass is 9.96. The Kier molecular flexibility index (Phi) is 4.52. The van der Waals surface area contributed by atoms with E-state index in [9.17, 15) is 4.79 Å². The van der Waals surface area contributed by atoms with Crippen molar-refractivity contribution in [3.05, 3.63) is 35.6 Å². The van der Waals surface area contributed by atoms with Gasteiger partial charge in [0.2, 0.25) is 11.8 Å². The molecule has 0 bridgehead atoms. The lowest BCUT2D eigenvalue weighted by Gasteiger charge is -2.21. The molecule has 1 heterocycles. The lowest BCUT2D eigenvalue weighted by Crippen LogP contribution is -2.35. The van der Waals surface area contributed by atoms with Crippen molar-refractivity contribution >= 4 is 23.4 Å². The second-order valence-electron chi connectivity index (χ2n) is 3.79. The summed E-state index contributed by atoms with van der Waals surface area (Å²) in [6.45, 7) is 10.8. The van der Waals surface area contributed by atoms with Crippen LogP contribution >= 0.6 is 11.6 Å². The minimum absolute atomic E-state index is 0.165. The van der Waals surface area contributed by atoms with E-state index in [-0.39, 0.29) is 11.8 Å². The molecule has 1 N–H and O–H groups in total.